The van der Waals surface area contributed by atoms with Crippen molar-refractivity contribution in [1.29, 1.82) is 0 Å². The first kappa shape index (κ1) is 28.2. The highest BCUT2D eigenvalue weighted by molar-refractivity contribution is 5.67. The highest BCUT2D eigenvalue weighted by atomic mass is 15.1. The molecule has 0 saturated carbocycles. The van der Waals surface area contributed by atoms with Gasteiger partial charge in [0.2, 0.25) is 0 Å². The van der Waals surface area contributed by atoms with Gasteiger partial charge in [-0.3, -0.25) is 0 Å². The van der Waals surface area contributed by atoms with Gasteiger partial charge < -0.3 is 10.2 Å². The highest BCUT2D eigenvalue weighted by Crippen LogP contribution is 2.42. The molecule has 0 spiro atoms. The number of nitrogens with zero attached hydrogens (tertiary/aromatic N) is 1. The Labute approximate surface area is 216 Å². The first-order valence-corrected chi connectivity index (χ1v) is 13.3. The number of rotatable bonds is 8. The van der Waals surface area contributed by atoms with Gasteiger partial charge in [0.05, 0.1) is 0 Å². The van der Waals surface area contributed by atoms with Gasteiger partial charge in [-0.15, -0.1) is 0 Å². The van der Waals surface area contributed by atoms with Crippen LogP contribution < -0.4 is 5.32 Å². The molecule has 0 fully saturated rings. The maximum absolute atomic E-state index is 3.94. The lowest BCUT2D eigenvalue weighted by Crippen LogP contribution is -2.20. The molecule has 0 heterocycles. The lowest BCUT2D eigenvalue weighted by Gasteiger charge is -2.32. The third kappa shape index (κ3) is 6.57. The smallest absolute Gasteiger partial charge is 0.0430 e. The third-order valence-corrected chi connectivity index (χ3v) is 6.96. The molecule has 2 nitrogen and oxygen atoms in total. The van der Waals surface area contributed by atoms with Gasteiger partial charge >= 0.3 is 0 Å². The fraction of sp³-hybridized carbons (Fsp3) is 0.394. The number of hydrogen-bond acceptors (Lipinski definition) is 2. The summed E-state index contributed by atoms with van der Waals surface area (Å²) >= 11 is 0. The Bertz CT molecular complexity index is 1080. The van der Waals surface area contributed by atoms with E-state index in [-0.39, 0.29) is 6.84 Å². The molecule has 2 aliphatic carbocycles. The van der Waals surface area contributed by atoms with Crippen LogP contribution in [-0.2, 0) is 12.8 Å². The largest absolute Gasteiger partial charge is 0.358 e. The van der Waals surface area contributed by atoms with Crippen molar-refractivity contribution in [3.8, 4) is 0 Å². The van der Waals surface area contributed by atoms with E-state index in [0.717, 1.165) is 25.7 Å². The van der Waals surface area contributed by atoms with Gasteiger partial charge in [-0.25, -0.2) is 0 Å². The summed E-state index contributed by atoms with van der Waals surface area (Å²) in [6.07, 6.45) is 22.0. The molecule has 2 heteroatoms. The second-order valence-corrected chi connectivity index (χ2v) is 9.14. The van der Waals surface area contributed by atoms with Crippen molar-refractivity contribution in [1.82, 2.24) is 10.2 Å². The second-order valence-electron chi connectivity index (χ2n) is 9.14. The summed E-state index contributed by atoms with van der Waals surface area (Å²) in [4.78, 5) is 2.09. The Morgan fingerprint density at radius 1 is 1.11 bits per heavy atom. The third-order valence-electron chi connectivity index (χ3n) is 6.96. The number of hydrogen-bond donors (Lipinski definition) is 1. The van der Waals surface area contributed by atoms with Gasteiger partial charge in [0.25, 0.3) is 0 Å². The fourth-order valence-corrected chi connectivity index (χ4v) is 4.78. The van der Waals surface area contributed by atoms with Crippen LogP contribution in [0.3, 0.4) is 0 Å². The normalized spacial score (nSPS) is 19.8. The van der Waals surface area contributed by atoms with Crippen molar-refractivity contribution in [3.05, 3.63) is 113 Å². The van der Waals surface area contributed by atoms with E-state index >= 15 is 0 Å². The first-order valence-electron chi connectivity index (χ1n) is 13.3. The van der Waals surface area contributed by atoms with Crippen LogP contribution in [0.15, 0.2) is 96.1 Å². The molecule has 0 radical (unpaired) electrons. The zero-order chi connectivity index (χ0) is 26.0. The van der Waals surface area contributed by atoms with E-state index in [0.29, 0.717) is 0 Å². The minimum atomic E-state index is 0. The number of fused-ring (bicyclic) bond motifs is 1. The van der Waals surface area contributed by atoms with Gasteiger partial charge in [0, 0.05) is 37.4 Å². The van der Waals surface area contributed by atoms with Crippen molar-refractivity contribution >= 4 is 5.70 Å². The zero-order valence-electron chi connectivity index (χ0n) is 23.3. The molecule has 0 amide bonds. The van der Waals surface area contributed by atoms with E-state index in [9.17, 15) is 0 Å². The molecule has 1 unspecified atom stereocenters. The summed E-state index contributed by atoms with van der Waals surface area (Å²) < 4.78 is 0. The van der Waals surface area contributed by atoms with Crippen LogP contribution in [0.2, 0.25) is 0 Å². The van der Waals surface area contributed by atoms with Crippen molar-refractivity contribution in [2.45, 2.75) is 74.1 Å². The Morgan fingerprint density at radius 3 is 2.43 bits per heavy atom. The molecule has 0 aromatic heterocycles. The minimum absolute atomic E-state index is 0. The molecule has 1 atom stereocenters. The number of nitrogens with one attached hydrogen (secondary N) is 1. The summed E-state index contributed by atoms with van der Waals surface area (Å²) in [7, 11) is 2.05. The quantitative estimate of drug-likeness (QED) is 0.379. The molecule has 1 aromatic rings. The van der Waals surface area contributed by atoms with Crippen molar-refractivity contribution < 1.29 is 1.43 Å². The zero-order valence-corrected chi connectivity index (χ0v) is 23.3. The van der Waals surface area contributed by atoms with Crippen LogP contribution in [0, 0.1) is 5.41 Å². The number of allylic oxidation sites excluding steroid dienone is 8. The van der Waals surface area contributed by atoms with Gasteiger partial charge in [-0.2, -0.15) is 0 Å². The maximum Gasteiger partial charge on any atom is 0.0430 e. The maximum atomic E-state index is 3.94. The Balaban J connectivity index is 0.00000211. The van der Waals surface area contributed by atoms with Crippen LogP contribution in [0.4, 0.5) is 0 Å². The molecule has 35 heavy (non-hydrogen) atoms. The number of benzene rings is 1. The molecular weight excluding hydrogens is 424 g/mol. The van der Waals surface area contributed by atoms with Crippen LogP contribution in [0.1, 0.15) is 79.4 Å². The minimum Gasteiger partial charge on any atom is -0.358 e. The highest BCUT2D eigenvalue weighted by Gasteiger charge is 2.29. The van der Waals surface area contributed by atoms with E-state index in [1.807, 2.05) is 20.0 Å². The van der Waals surface area contributed by atoms with E-state index < -0.39 is 0 Å². The first-order chi connectivity index (χ1) is 16.9. The van der Waals surface area contributed by atoms with Gasteiger partial charge in [-0.1, -0.05) is 83.7 Å². The van der Waals surface area contributed by atoms with Crippen LogP contribution in [0.5, 0.6) is 0 Å². The van der Waals surface area contributed by atoms with Gasteiger partial charge in [-0.05, 0) is 85.4 Å². The van der Waals surface area contributed by atoms with E-state index in [4.69, 9.17) is 0 Å². The lowest BCUT2D eigenvalue weighted by molar-refractivity contribution is 0.520. The Morgan fingerprint density at radius 2 is 1.83 bits per heavy atom. The van der Waals surface area contributed by atoms with Crippen LogP contribution in [0.25, 0.3) is 5.70 Å². The molecular formula is C33H48N2. The van der Waals surface area contributed by atoms with Gasteiger partial charge in [0.1, 0.15) is 0 Å². The molecule has 1 aromatic carbocycles. The Hall–Kier alpha value is -3.00. The van der Waals surface area contributed by atoms with E-state index in [1.165, 1.54) is 44.9 Å². The number of likely N-dealkylation sites (N-methyl/N-ethyl adjacent to an activating group) is 1. The molecule has 2 aliphatic rings. The van der Waals surface area contributed by atoms with E-state index in [2.05, 4.69) is 119 Å². The SMILES string of the molecule is C=CN(C)/C(=C\C)C1=CCC2(C)C=CCC(N/C(=C/C)c3ccc(CC)c(CC)c3)=CC2=C1.CC.[HH]. The lowest BCUT2D eigenvalue weighted by atomic mass is 9.74. The monoisotopic (exact) mass is 472 g/mol. The summed E-state index contributed by atoms with van der Waals surface area (Å²) in [5.74, 6) is 0. The van der Waals surface area contributed by atoms with Crippen molar-refractivity contribution in [2.24, 2.45) is 5.41 Å². The molecule has 0 aliphatic heterocycles. The van der Waals surface area contributed by atoms with Crippen molar-refractivity contribution in [3.63, 3.8) is 0 Å². The summed E-state index contributed by atoms with van der Waals surface area (Å²) in [6, 6.07) is 6.89. The predicted molar refractivity (Wildman–Crippen MR) is 158 cm³/mol. The summed E-state index contributed by atoms with van der Waals surface area (Å²) in [6.45, 7) is 18.9. The molecule has 1 N–H and O–H groups in total. The predicted octanol–water partition coefficient (Wildman–Crippen LogP) is 9.12. The van der Waals surface area contributed by atoms with E-state index in [1.54, 1.807) is 0 Å². The van der Waals surface area contributed by atoms with Crippen LogP contribution >= 0.6 is 0 Å². The second kappa shape index (κ2) is 13.2. The molecule has 190 valence electrons. The van der Waals surface area contributed by atoms with Gasteiger partial charge in [0.15, 0.2) is 0 Å². The molecule has 0 saturated heterocycles. The topological polar surface area (TPSA) is 15.3 Å². The fourth-order valence-electron chi connectivity index (χ4n) is 4.78. The summed E-state index contributed by atoms with van der Waals surface area (Å²) in [5, 5.41) is 3.76. The summed E-state index contributed by atoms with van der Waals surface area (Å²) in [5.41, 5.74) is 10.3. The molecule has 3 rings (SSSR count). The Kier molecular flexibility index (Phi) is 10.6. The average Bonchev–Trinajstić information content (AvgIpc) is 3.06. The van der Waals surface area contributed by atoms with Crippen molar-refractivity contribution in [2.75, 3.05) is 7.05 Å². The standard InChI is InChI=1S/C31H40N2.C2H6.H2/c1-8-23-15-16-25(20-24(23)9-2)29(10-3)32-28-14-13-18-31(6)19-17-26(21-27(31)22-28)30(11-4)33(7)12-5;1-2;/h10-13,15-18,20-22,32H,5,8-9,14,19H2,1-4,6-7H3;1-2H3;1H/b29-10+,30-11-;;. The molecule has 0 bridgehead atoms. The average molecular weight is 473 g/mol. The number of aryl methyl sites for hydroxylation is 2. The van der Waals surface area contributed by atoms with Crippen LogP contribution in [-0.4, -0.2) is 11.9 Å².